The summed E-state index contributed by atoms with van der Waals surface area (Å²) in [5.41, 5.74) is 3.76. The number of imidazole rings is 1. The lowest BCUT2D eigenvalue weighted by atomic mass is 10.2. The van der Waals surface area contributed by atoms with E-state index in [4.69, 9.17) is 23.2 Å². The zero-order chi connectivity index (χ0) is 23.0. The molecule has 0 amide bonds. The van der Waals surface area contributed by atoms with Gasteiger partial charge in [0.2, 0.25) is 0 Å². The summed E-state index contributed by atoms with van der Waals surface area (Å²) >= 11 is 12.4. The van der Waals surface area contributed by atoms with Crippen LogP contribution in [0, 0.1) is 6.92 Å². The molecule has 0 aliphatic heterocycles. The van der Waals surface area contributed by atoms with Crippen LogP contribution in [0.3, 0.4) is 0 Å². The van der Waals surface area contributed by atoms with Gasteiger partial charge in [-0.3, -0.25) is 14.9 Å². The number of nitrogens with one attached hydrogen (secondary N) is 3. The van der Waals surface area contributed by atoms with Crippen molar-refractivity contribution in [3.05, 3.63) is 72.5 Å². The highest BCUT2D eigenvalue weighted by Gasteiger charge is 2.15. The third-order valence-corrected chi connectivity index (χ3v) is 5.87. The Hall–Kier alpha value is -3.23. The molecule has 2 heterocycles. The highest BCUT2D eigenvalue weighted by Crippen LogP contribution is 2.32. The molecule has 0 radical (unpaired) electrons. The number of fused-ring (bicyclic) bond motifs is 1. The van der Waals surface area contributed by atoms with Gasteiger partial charge in [-0.2, -0.15) is 0 Å². The number of aromatic nitrogens is 4. The number of aryl methyl sites for hydroxylation is 1. The smallest absolute Gasteiger partial charge is 0.323 e. The number of hydrogen-bond acceptors (Lipinski definition) is 4. The number of nitrogens with zero attached hydrogens (tertiary/aromatic N) is 3. The van der Waals surface area contributed by atoms with Crippen LogP contribution >= 0.6 is 23.2 Å². The normalized spacial score (nSPS) is 11.7. The molecule has 0 fully saturated rings. The van der Waals surface area contributed by atoms with Crippen LogP contribution in [0.2, 0.25) is 10.0 Å². The SMILES string of the molecule is CCN(CC)c1cc2[nH]c(=O)[nH]c2cc1N=Cc1c(C)[nH]n(-c2cc(Cl)ccc2Cl)c1=O. The number of benzene rings is 2. The fraction of sp³-hybridized carbons (Fsp3) is 0.227. The van der Waals surface area contributed by atoms with Crippen molar-refractivity contribution in [2.75, 3.05) is 18.0 Å². The second kappa shape index (κ2) is 8.72. The minimum Gasteiger partial charge on any atom is -0.370 e. The van der Waals surface area contributed by atoms with Crippen molar-refractivity contribution in [2.45, 2.75) is 20.8 Å². The third kappa shape index (κ3) is 3.99. The standard InChI is InChI=1S/C22H22Cl2N6O2/c1-4-29(5-2)20-10-17-16(26-22(32)27-17)9-18(20)25-11-14-12(3)28-30(21(14)31)19-8-13(23)6-7-15(19)24/h6-11,28H,4-5H2,1-3H3,(H2,26,27,32). The van der Waals surface area contributed by atoms with E-state index in [1.54, 1.807) is 31.2 Å². The Labute approximate surface area is 193 Å². The molecule has 2 aromatic carbocycles. The predicted molar refractivity (Wildman–Crippen MR) is 131 cm³/mol. The molecule has 3 N–H and O–H groups in total. The van der Waals surface area contributed by atoms with Gasteiger partial charge in [0.05, 0.1) is 38.7 Å². The topological polar surface area (TPSA) is 102 Å². The van der Waals surface area contributed by atoms with Gasteiger partial charge in [0, 0.05) is 30.0 Å². The molecule has 8 nitrogen and oxygen atoms in total. The van der Waals surface area contributed by atoms with Gasteiger partial charge in [0.25, 0.3) is 5.56 Å². The minimum absolute atomic E-state index is 0.283. The molecule has 4 rings (SSSR count). The molecule has 0 saturated carbocycles. The van der Waals surface area contributed by atoms with E-state index < -0.39 is 0 Å². The van der Waals surface area contributed by atoms with Gasteiger partial charge in [-0.15, -0.1) is 0 Å². The first kappa shape index (κ1) is 22.0. The Balaban J connectivity index is 1.82. The van der Waals surface area contributed by atoms with Gasteiger partial charge in [-0.05, 0) is 51.1 Å². The second-order valence-corrected chi connectivity index (χ2v) is 8.13. The summed E-state index contributed by atoms with van der Waals surface area (Å²) < 4.78 is 1.35. The summed E-state index contributed by atoms with van der Waals surface area (Å²) in [4.78, 5) is 37.1. The Bertz CT molecular complexity index is 1440. The molecule has 0 unspecified atom stereocenters. The fourth-order valence-corrected chi connectivity index (χ4v) is 4.02. The van der Waals surface area contributed by atoms with Crippen LogP contribution in [-0.2, 0) is 0 Å². The van der Waals surface area contributed by atoms with Gasteiger partial charge in [-0.1, -0.05) is 23.2 Å². The summed E-state index contributed by atoms with van der Waals surface area (Å²) in [7, 11) is 0. The molecule has 0 saturated heterocycles. The first-order valence-electron chi connectivity index (χ1n) is 10.1. The fourth-order valence-electron chi connectivity index (χ4n) is 3.65. The maximum Gasteiger partial charge on any atom is 0.323 e. The quantitative estimate of drug-likeness (QED) is 0.358. The molecule has 0 atom stereocenters. The number of aromatic amines is 3. The van der Waals surface area contributed by atoms with Crippen LogP contribution in [-0.4, -0.2) is 39.1 Å². The van der Waals surface area contributed by atoms with Gasteiger partial charge in [0.1, 0.15) is 0 Å². The van der Waals surface area contributed by atoms with Crippen LogP contribution in [0.4, 0.5) is 11.4 Å². The lowest BCUT2D eigenvalue weighted by molar-refractivity contribution is 0.835. The molecular weight excluding hydrogens is 451 g/mol. The first-order valence-corrected chi connectivity index (χ1v) is 10.9. The van der Waals surface area contributed by atoms with E-state index in [0.717, 1.165) is 18.8 Å². The summed E-state index contributed by atoms with van der Waals surface area (Å²) in [6.07, 6.45) is 1.53. The maximum atomic E-state index is 13.1. The van der Waals surface area contributed by atoms with E-state index >= 15 is 0 Å². The number of rotatable bonds is 6. The molecule has 166 valence electrons. The Morgan fingerprint density at radius 3 is 2.44 bits per heavy atom. The molecular formula is C22H22Cl2N6O2. The average Bonchev–Trinajstić information content (AvgIpc) is 3.26. The van der Waals surface area contributed by atoms with Gasteiger partial charge in [0.15, 0.2) is 0 Å². The lowest BCUT2D eigenvalue weighted by Crippen LogP contribution is -2.22. The number of anilines is 1. The number of hydrogen-bond donors (Lipinski definition) is 3. The lowest BCUT2D eigenvalue weighted by Gasteiger charge is -2.22. The van der Waals surface area contributed by atoms with Crippen molar-refractivity contribution in [3.8, 4) is 5.69 Å². The predicted octanol–water partition coefficient (Wildman–Crippen LogP) is 4.55. The molecule has 0 spiro atoms. The summed E-state index contributed by atoms with van der Waals surface area (Å²) in [5, 5.41) is 3.90. The van der Waals surface area contributed by atoms with Crippen molar-refractivity contribution < 1.29 is 0 Å². The molecule has 0 bridgehead atoms. The average molecular weight is 473 g/mol. The Kier molecular flexibility index (Phi) is 5.99. The number of H-pyrrole nitrogens is 3. The number of halogens is 2. The summed E-state index contributed by atoms with van der Waals surface area (Å²) in [5.74, 6) is 0. The van der Waals surface area contributed by atoms with Gasteiger partial charge in [-0.25, -0.2) is 9.48 Å². The van der Waals surface area contributed by atoms with Crippen LogP contribution < -0.4 is 16.1 Å². The van der Waals surface area contributed by atoms with E-state index in [0.29, 0.717) is 43.7 Å². The van der Waals surface area contributed by atoms with E-state index in [1.807, 2.05) is 19.9 Å². The second-order valence-electron chi connectivity index (χ2n) is 7.28. The molecule has 10 heteroatoms. The van der Waals surface area contributed by atoms with Crippen molar-refractivity contribution in [3.63, 3.8) is 0 Å². The number of aliphatic imine (C=N–C) groups is 1. The van der Waals surface area contributed by atoms with Gasteiger partial charge < -0.3 is 14.9 Å². The molecule has 0 aliphatic rings. The largest absolute Gasteiger partial charge is 0.370 e. The zero-order valence-electron chi connectivity index (χ0n) is 17.8. The van der Waals surface area contributed by atoms with Crippen LogP contribution in [0.25, 0.3) is 16.7 Å². The van der Waals surface area contributed by atoms with Gasteiger partial charge >= 0.3 is 5.69 Å². The third-order valence-electron chi connectivity index (χ3n) is 5.31. The minimum atomic E-state index is -0.295. The monoisotopic (exact) mass is 472 g/mol. The zero-order valence-corrected chi connectivity index (χ0v) is 19.3. The molecule has 4 aromatic rings. The van der Waals surface area contributed by atoms with Crippen molar-refractivity contribution in [1.82, 2.24) is 19.7 Å². The van der Waals surface area contributed by atoms with Crippen LogP contribution in [0.1, 0.15) is 25.1 Å². The van der Waals surface area contributed by atoms with Crippen LogP contribution in [0.5, 0.6) is 0 Å². The van der Waals surface area contributed by atoms with Crippen molar-refractivity contribution >= 4 is 51.8 Å². The summed E-state index contributed by atoms with van der Waals surface area (Å²) in [6, 6.07) is 8.61. The van der Waals surface area contributed by atoms with Crippen molar-refractivity contribution in [2.24, 2.45) is 4.99 Å². The van der Waals surface area contributed by atoms with Crippen molar-refractivity contribution in [1.29, 1.82) is 0 Å². The van der Waals surface area contributed by atoms with E-state index in [9.17, 15) is 9.59 Å². The van der Waals surface area contributed by atoms with Crippen LogP contribution in [0.15, 0.2) is 44.9 Å². The van der Waals surface area contributed by atoms with E-state index in [-0.39, 0.29) is 11.2 Å². The maximum absolute atomic E-state index is 13.1. The highest BCUT2D eigenvalue weighted by atomic mass is 35.5. The highest BCUT2D eigenvalue weighted by molar-refractivity contribution is 6.34. The Morgan fingerprint density at radius 2 is 1.75 bits per heavy atom. The Morgan fingerprint density at radius 1 is 1.06 bits per heavy atom. The summed E-state index contributed by atoms with van der Waals surface area (Å²) in [6.45, 7) is 7.41. The molecule has 32 heavy (non-hydrogen) atoms. The first-order chi connectivity index (χ1) is 15.3. The molecule has 2 aromatic heterocycles. The van der Waals surface area contributed by atoms with E-state index in [2.05, 4.69) is 25.0 Å². The van der Waals surface area contributed by atoms with E-state index in [1.165, 1.54) is 10.9 Å². The molecule has 0 aliphatic carbocycles.